The molecule has 0 spiro atoms. The molecule has 0 aliphatic carbocycles. The van der Waals surface area contributed by atoms with Crippen LogP contribution in [-0.2, 0) is 9.47 Å². The predicted octanol–water partition coefficient (Wildman–Crippen LogP) is 3.63. The summed E-state index contributed by atoms with van der Waals surface area (Å²) in [5, 5.41) is 0. The first-order valence-corrected chi connectivity index (χ1v) is 11.2. The molecule has 0 atom stereocenters. The Morgan fingerprint density at radius 2 is 1.82 bits per heavy atom. The minimum atomic E-state index is -0.472. The number of rotatable bonds is 6. The Morgan fingerprint density at radius 3 is 2.52 bits per heavy atom. The van der Waals surface area contributed by atoms with Crippen LogP contribution in [0.15, 0.2) is 30.6 Å². The first kappa shape index (κ1) is 23.0. The second-order valence-corrected chi connectivity index (χ2v) is 8.25. The quantitative estimate of drug-likeness (QED) is 0.646. The number of ether oxygens (including phenoxy) is 4. The van der Waals surface area contributed by atoms with Crippen LogP contribution in [0, 0.1) is 5.82 Å². The summed E-state index contributed by atoms with van der Waals surface area (Å²) in [6.45, 7) is 7.46. The summed E-state index contributed by atoms with van der Waals surface area (Å²) in [5.41, 5.74) is 0.790. The second-order valence-electron chi connectivity index (χ2n) is 8.25. The molecule has 2 fully saturated rings. The van der Waals surface area contributed by atoms with Gasteiger partial charge in [0.2, 0.25) is 11.8 Å². The molecule has 0 N–H and O–H groups in total. The third kappa shape index (κ3) is 6.22. The monoisotopic (exact) mass is 460 g/mol. The van der Waals surface area contributed by atoms with E-state index in [1.807, 2.05) is 19.9 Å². The van der Waals surface area contributed by atoms with Crippen LogP contribution in [0.2, 0.25) is 0 Å². The Bertz CT molecular complexity index is 946. The summed E-state index contributed by atoms with van der Waals surface area (Å²) in [7, 11) is 0. The summed E-state index contributed by atoms with van der Waals surface area (Å²) < 4.78 is 36.8. The molecule has 3 heterocycles. The minimum Gasteiger partial charge on any atom is -0.474 e. The van der Waals surface area contributed by atoms with E-state index in [0.717, 1.165) is 18.8 Å². The normalized spacial score (nSPS) is 17.2. The molecule has 2 aliphatic heterocycles. The van der Waals surface area contributed by atoms with Gasteiger partial charge in [0, 0.05) is 50.8 Å². The third-order valence-electron chi connectivity index (χ3n) is 5.45. The van der Waals surface area contributed by atoms with E-state index in [1.54, 1.807) is 11.0 Å². The Balaban J connectivity index is 1.32. The van der Waals surface area contributed by atoms with Crippen molar-refractivity contribution in [3.05, 3.63) is 36.4 Å². The highest BCUT2D eigenvalue weighted by molar-refractivity contribution is 5.67. The van der Waals surface area contributed by atoms with E-state index in [4.69, 9.17) is 18.9 Å². The number of hydrogen-bond donors (Lipinski definition) is 0. The third-order valence-corrected chi connectivity index (χ3v) is 5.45. The number of halogens is 1. The number of benzene rings is 1. The van der Waals surface area contributed by atoms with E-state index < -0.39 is 5.82 Å². The van der Waals surface area contributed by atoms with Crippen molar-refractivity contribution in [1.29, 1.82) is 0 Å². The van der Waals surface area contributed by atoms with Gasteiger partial charge in [0.15, 0.2) is 11.6 Å². The first-order valence-electron chi connectivity index (χ1n) is 11.2. The van der Waals surface area contributed by atoms with Crippen molar-refractivity contribution in [2.75, 3.05) is 44.3 Å². The summed E-state index contributed by atoms with van der Waals surface area (Å²) in [4.78, 5) is 24.0. The molecule has 0 saturated carbocycles. The number of carbonyl (C=O) groups is 1. The lowest BCUT2D eigenvalue weighted by atomic mass is 10.1. The molecule has 9 nitrogen and oxygen atoms in total. The predicted molar refractivity (Wildman–Crippen MR) is 118 cm³/mol. The molecule has 33 heavy (non-hydrogen) atoms. The smallest absolute Gasteiger partial charge is 0.410 e. The fraction of sp³-hybridized carbons (Fsp3) is 0.522. The average molecular weight is 461 g/mol. The van der Waals surface area contributed by atoms with Crippen molar-refractivity contribution in [3.8, 4) is 17.5 Å². The van der Waals surface area contributed by atoms with Crippen molar-refractivity contribution < 1.29 is 28.1 Å². The lowest BCUT2D eigenvalue weighted by molar-refractivity contribution is 0.0507. The van der Waals surface area contributed by atoms with E-state index in [9.17, 15) is 9.18 Å². The van der Waals surface area contributed by atoms with E-state index in [1.165, 1.54) is 18.5 Å². The van der Waals surface area contributed by atoms with Crippen LogP contribution in [0.25, 0.3) is 0 Å². The zero-order valence-corrected chi connectivity index (χ0v) is 18.9. The molecule has 178 valence electrons. The Morgan fingerprint density at radius 1 is 1.09 bits per heavy atom. The van der Waals surface area contributed by atoms with Crippen LogP contribution in [0.4, 0.5) is 14.9 Å². The number of morpholine rings is 1. The molecule has 0 radical (unpaired) electrons. The van der Waals surface area contributed by atoms with Crippen molar-refractivity contribution >= 4 is 11.8 Å². The lowest BCUT2D eigenvalue weighted by Gasteiger charge is -2.31. The van der Waals surface area contributed by atoms with Gasteiger partial charge in [-0.1, -0.05) is 0 Å². The van der Waals surface area contributed by atoms with Gasteiger partial charge >= 0.3 is 6.09 Å². The largest absolute Gasteiger partial charge is 0.474 e. The number of anilines is 1. The highest BCUT2D eigenvalue weighted by Gasteiger charge is 2.26. The molecule has 4 rings (SSSR count). The zero-order valence-electron chi connectivity index (χ0n) is 18.9. The molecule has 2 aliphatic rings. The second kappa shape index (κ2) is 10.7. The summed E-state index contributed by atoms with van der Waals surface area (Å²) in [5.74, 6) is 0.138. The van der Waals surface area contributed by atoms with Crippen LogP contribution < -0.4 is 14.4 Å². The summed E-state index contributed by atoms with van der Waals surface area (Å²) in [6, 6.07) is 6.40. The molecule has 10 heteroatoms. The van der Waals surface area contributed by atoms with Crippen molar-refractivity contribution in [3.63, 3.8) is 0 Å². The number of hydrogen-bond acceptors (Lipinski definition) is 8. The number of nitrogens with zero attached hydrogens (tertiary/aromatic N) is 4. The fourth-order valence-electron chi connectivity index (χ4n) is 3.75. The van der Waals surface area contributed by atoms with Crippen molar-refractivity contribution in [1.82, 2.24) is 14.9 Å². The maximum atomic E-state index is 14.6. The summed E-state index contributed by atoms with van der Waals surface area (Å²) in [6.07, 6.45) is 2.09. The molecule has 1 amide bonds. The molecular weight excluding hydrogens is 431 g/mol. The topological polar surface area (TPSA) is 86.2 Å². The molecule has 0 bridgehead atoms. The Hall–Kier alpha value is -3.14. The fourth-order valence-corrected chi connectivity index (χ4v) is 3.75. The van der Waals surface area contributed by atoms with Gasteiger partial charge in [-0.15, -0.1) is 0 Å². The van der Waals surface area contributed by atoms with E-state index in [-0.39, 0.29) is 29.9 Å². The Kier molecular flexibility index (Phi) is 7.43. The van der Waals surface area contributed by atoms with Gasteiger partial charge in [0.05, 0.1) is 25.4 Å². The number of amides is 1. The standard InChI is InChI=1S/C23H29FN4O5/c1-16(2)31-23(29)28-7-5-18(6-8-28)32-21-14-22(26-15-25-21)33-20-4-3-17(13-19(20)24)27-9-11-30-12-10-27/h3-4,13-16,18H,5-12H2,1-2H3. The summed E-state index contributed by atoms with van der Waals surface area (Å²) >= 11 is 0. The van der Waals surface area contributed by atoms with Gasteiger partial charge in [0.25, 0.3) is 0 Å². The SMILES string of the molecule is CC(C)OC(=O)N1CCC(Oc2cc(Oc3ccc(N4CCOCC4)cc3F)ncn2)CC1. The van der Waals surface area contributed by atoms with Crippen LogP contribution in [0.5, 0.6) is 17.5 Å². The molecule has 2 aromatic rings. The van der Waals surface area contributed by atoms with Crippen LogP contribution >= 0.6 is 0 Å². The van der Waals surface area contributed by atoms with Gasteiger partial charge in [0.1, 0.15) is 12.4 Å². The van der Waals surface area contributed by atoms with Crippen LogP contribution in [0.3, 0.4) is 0 Å². The van der Waals surface area contributed by atoms with Gasteiger partial charge in [-0.05, 0) is 26.0 Å². The molecule has 1 aromatic carbocycles. The maximum absolute atomic E-state index is 14.6. The number of likely N-dealkylation sites (tertiary alicyclic amines) is 1. The molecule has 2 saturated heterocycles. The average Bonchev–Trinajstić information content (AvgIpc) is 2.81. The minimum absolute atomic E-state index is 0.0774. The number of piperidine rings is 1. The highest BCUT2D eigenvalue weighted by atomic mass is 19.1. The lowest BCUT2D eigenvalue weighted by Crippen LogP contribution is -2.42. The van der Waals surface area contributed by atoms with E-state index in [2.05, 4.69) is 14.9 Å². The van der Waals surface area contributed by atoms with E-state index >= 15 is 0 Å². The molecule has 0 unspecified atom stereocenters. The Labute approximate surface area is 192 Å². The van der Waals surface area contributed by atoms with Gasteiger partial charge in [-0.2, -0.15) is 0 Å². The van der Waals surface area contributed by atoms with Crippen LogP contribution in [-0.4, -0.2) is 72.6 Å². The van der Waals surface area contributed by atoms with Gasteiger partial charge in [-0.3, -0.25) is 0 Å². The van der Waals surface area contributed by atoms with E-state index in [0.29, 0.717) is 45.0 Å². The van der Waals surface area contributed by atoms with Gasteiger partial charge < -0.3 is 28.7 Å². The number of aromatic nitrogens is 2. The van der Waals surface area contributed by atoms with Crippen LogP contribution in [0.1, 0.15) is 26.7 Å². The maximum Gasteiger partial charge on any atom is 0.410 e. The van der Waals surface area contributed by atoms with Crippen molar-refractivity contribution in [2.45, 2.75) is 38.9 Å². The van der Waals surface area contributed by atoms with Crippen molar-refractivity contribution in [2.24, 2.45) is 0 Å². The molecular formula is C23H29FN4O5. The number of carbonyl (C=O) groups excluding carboxylic acids is 1. The highest BCUT2D eigenvalue weighted by Crippen LogP contribution is 2.29. The zero-order chi connectivity index (χ0) is 23.2. The van der Waals surface area contributed by atoms with Gasteiger partial charge in [-0.25, -0.2) is 19.2 Å². The first-order chi connectivity index (χ1) is 16.0. The molecule has 1 aromatic heterocycles.